The average molecular weight is 615 g/mol. The summed E-state index contributed by atoms with van der Waals surface area (Å²) in [5.41, 5.74) is 0. The van der Waals surface area contributed by atoms with Gasteiger partial charge in [-0.3, -0.25) is 0 Å². The van der Waals surface area contributed by atoms with Crippen molar-refractivity contribution in [3.63, 3.8) is 0 Å². The molecule has 0 nitrogen and oxygen atoms in total. The van der Waals surface area contributed by atoms with Gasteiger partial charge in [0.1, 0.15) is 0 Å². The molecule has 0 unspecified atom stereocenters. The van der Waals surface area contributed by atoms with Gasteiger partial charge in [0.05, 0.1) is 0 Å². The van der Waals surface area contributed by atoms with E-state index in [1.54, 1.807) is 3.28 Å². The molecule has 88 valence electrons. The van der Waals surface area contributed by atoms with Crippen LogP contribution in [0.3, 0.4) is 0 Å². The van der Waals surface area contributed by atoms with Gasteiger partial charge < -0.3 is 0 Å². The molecule has 0 radical (unpaired) electrons. The van der Waals surface area contributed by atoms with E-state index in [1.807, 2.05) is 0 Å². The van der Waals surface area contributed by atoms with Crippen LogP contribution in [0, 0.1) is 0 Å². The van der Waals surface area contributed by atoms with Crippen LogP contribution in [0.2, 0.25) is 23.2 Å². The average Bonchev–Trinajstić information content (AvgIpc) is 2.01. The third-order valence-corrected chi connectivity index (χ3v) is 11.2. The van der Waals surface area contributed by atoms with E-state index in [0.29, 0.717) is 0 Å². The zero-order valence-electron chi connectivity index (χ0n) is 9.66. The van der Waals surface area contributed by atoms with Crippen molar-refractivity contribution in [3.05, 3.63) is 21.5 Å². The molecule has 0 amide bonds. The van der Waals surface area contributed by atoms with Crippen molar-refractivity contribution in [1.29, 1.82) is 0 Å². The Balaban J connectivity index is -0.000000403. The third kappa shape index (κ3) is 6.99. The van der Waals surface area contributed by atoms with Gasteiger partial charge in [-0.25, -0.2) is 0 Å². The standard InChI is InChI=1S/C5H5.5CH3.3HI.Zr/c1-2-4-5-3-1;;;;;;;;;/h1-3H,4H2;5*1H3;3*1H;. The Hall–Kier alpha value is 2.55. The molecule has 0 bridgehead atoms. The van der Waals surface area contributed by atoms with E-state index >= 15 is 0 Å². The van der Waals surface area contributed by atoms with Crippen LogP contribution in [0.1, 0.15) is 6.42 Å². The Labute approximate surface area is 138 Å². The molecule has 0 aromatic carbocycles. The first-order chi connectivity index (χ1) is 4.59. The fraction of sp³-hybridized carbons (Fsp3) is 0.600. The molecular weight excluding hydrogens is 592 g/mol. The zero-order valence-corrected chi connectivity index (χ0v) is 19.1. The van der Waals surface area contributed by atoms with Crippen molar-refractivity contribution in [1.82, 2.24) is 0 Å². The number of hydrogen-bond acceptors (Lipinski definition) is 0. The second kappa shape index (κ2) is 5.46. The second-order valence-electron chi connectivity index (χ2n) is 7.57. The summed E-state index contributed by atoms with van der Waals surface area (Å²) < 4.78 is 14.2. The molecule has 0 saturated carbocycles. The van der Waals surface area contributed by atoms with Gasteiger partial charge in [0.15, 0.2) is 0 Å². The van der Waals surface area contributed by atoms with Crippen molar-refractivity contribution in [3.8, 4) is 0 Å². The summed E-state index contributed by atoms with van der Waals surface area (Å²) in [7, 11) is 0. The van der Waals surface area contributed by atoms with Crippen LogP contribution < -0.4 is 0 Å². The zero-order chi connectivity index (χ0) is 8.81. The Bertz CT molecular complexity index is 242. The Kier molecular flexibility index (Phi) is 8.51. The molecule has 0 atom stereocenters. The van der Waals surface area contributed by atoms with Crippen LogP contribution in [0.25, 0.3) is 0 Å². The molecule has 0 N–H and O–H groups in total. The quantitative estimate of drug-likeness (QED) is 0.311. The molecule has 1 aliphatic carbocycles. The fourth-order valence-corrected chi connectivity index (χ4v) is 6.46. The maximum atomic E-state index is 2.50. The molecule has 0 aliphatic heterocycles. The number of rotatable bonds is 1. The van der Waals surface area contributed by atoms with Gasteiger partial charge in [0.25, 0.3) is 0 Å². The normalized spacial score (nSPS) is 19.1. The summed E-state index contributed by atoms with van der Waals surface area (Å²) in [6.07, 6.45) is 8.00. The summed E-state index contributed by atoms with van der Waals surface area (Å²) in [5.74, 6) is 0. The third-order valence-electron chi connectivity index (χ3n) is 2.38. The van der Waals surface area contributed by atoms with Gasteiger partial charge in [0, 0.05) is 0 Å². The van der Waals surface area contributed by atoms with Gasteiger partial charge in [-0.05, 0) is 0 Å². The molecule has 14 heavy (non-hydrogen) atoms. The van der Waals surface area contributed by atoms with Crippen LogP contribution in [-0.4, -0.2) is 0 Å². The summed E-state index contributed by atoms with van der Waals surface area (Å²) in [6.45, 7) is 0. The van der Waals surface area contributed by atoms with Gasteiger partial charge in [-0.1, -0.05) is 0 Å². The molecule has 0 spiro atoms. The number of allylic oxidation sites excluding steroid dienone is 4. The Morgan fingerprint density at radius 3 is 1.50 bits per heavy atom. The van der Waals surface area contributed by atoms with E-state index in [9.17, 15) is 0 Å². The summed E-state index contributed by atoms with van der Waals surface area (Å²) in [4.78, 5) is 0. The van der Waals surface area contributed by atoms with E-state index in [0.717, 1.165) is 0 Å². The first-order valence-corrected chi connectivity index (χ1v) is 18.0. The molecule has 0 aromatic heterocycles. The molecule has 1 aliphatic rings. The van der Waals surface area contributed by atoms with E-state index in [-0.39, 0.29) is 71.9 Å². The first kappa shape index (κ1) is 21.8. The molecule has 0 fully saturated rings. The van der Waals surface area contributed by atoms with Crippen LogP contribution in [0.4, 0.5) is 0 Å². The predicted octanol–water partition coefficient (Wildman–Crippen LogP) is 6.15. The number of halogens is 3. The van der Waals surface area contributed by atoms with Crippen LogP contribution >= 0.6 is 71.9 Å². The van der Waals surface area contributed by atoms with Crippen molar-refractivity contribution in [2.45, 2.75) is 29.6 Å². The van der Waals surface area contributed by atoms with Crippen LogP contribution in [0.5, 0.6) is 0 Å². The fourth-order valence-electron chi connectivity index (χ4n) is 1.37. The molecule has 1 rings (SSSR count). The molecule has 0 saturated heterocycles. The predicted molar refractivity (Wildman–Crippen MR) is 97.4 cm³/mol. The van der Waals surface area contributed by atoms with Crippen LogP contribution in [-0.2, 0) is 17.3 Å². The maximum absolute atomic E-state index is 2.78. The van der Waals surface area contributed by atoms with E-state index < -0.39 is 17.3 Å². The van der Waals surface area contributed by atoms with E-state index in [2.05, 4.69) is 41.4 Å². The molecule has 0 heterocycles. The Morgan fingerprint density at radius 1 is 0.929 bits per heavy atom. The summed E-state index contributed by atoms with van der Waals surface area (Å²) in [6, 6.07) is 0. The minimum absolute atomic E-state index is 0. The van der Waals surface area contributed by atoms with Gasteiger partial charge >= 0.3 is 68.4 Å². The topological polar surface area (TPSA) is 0 Å². The van der Waals surface area contributed by atoms with E-state index in [4.69, 9.17) is 0 Å². The van der Waals surface area contributed by atoms with Crippen molar-refractivity contribution >= 4 is 71.9 Å². The minimum atomic E-state index is -2.78. The molecule has 0 aromatic rings. The van der Waals surface area contributed by atoms with Crippen molar-refractivity contribution in [2.24, 2.45) is 0 Å². The Morgan fingerprint density at radius 2 is 1.36 bits per heavy atom. The van der Waals surface area contributed by atoms with Gasteiger partial charge in [-0.2, -0.15) is 0 Å². The summed E-state index contributed by atoms with van der Waals surface area (Å²) in [5, 5.41) is 0. The second-order valence-corrected chi connectivity index (χ2v) is 39.9. The monoisotopic (exact) mass is 614 g/mol. The summed E-state index contributed by atoms with van der Waals surface area (Å²) >= 11 is -2.78. The molecular formula is C10H23I3Zr. The van der Waals surface area contributed by atoms with Gasteiger partial charge in [-0.15, -0.1) is 71.9 Å². The molecule has 4 heteroatoms. The SMILES string of the molecule is I.I.I.[CH3][Zr]([CH3])([CH3])([CH3])([CH3])[C]1=CC=CC1. The van der Waals surface area contributed by atoms with Crippen molar-refractivity contribution in [2.75, 3.05) is 0 Å². The van der Waals surface area contributed by atoms with Crippen LogP contribution in [0.15, 0.2) is 21.5 Å². The first-order valence-electron chi connectivity index (χ1n) is 4.47. The van der Waals surface area contributed by atoms with E-state index in [1.165, 1.54) is 6.42 Å². The number of hydrogen-bond donors (Lipinski definition) is 0. The van der Waals surface area contributed by atoms with Gasteiger partial charge in [0.2, 0.25) is 0 Å². The van der Waals surface area contributed by atoms with Crippen molar-refractivity contribution < 1.29 is 17.3 Å².